The minimum Gasteiger partial charge on any atom is -0.326 e. The lowest BCUT2D eigenvalue weighted by Gasteiger charge is -2.10. The summed E-state index contributed by atoms with van der Waals surface area (Å²) in [6.45, 7) is 1.39. The minimum atomic E-state index is -3.80. The highest BCUT2D eigenvalue weighted by atomic mass is 35.5. The molecule has 4 aromatic rings. The number of sulfonamides is 1. The lowest BCUT2D eigenvalue weighted by molar-refractivity contribution is -0.114. The summed E-state index contributed by atoms with van der Waals surface area (Å²) in [5.41, 5.74) is 3.30. The van der Waals surface area contributed by atoms with Crippen LogP contribution in [-0.2, 0) is 14.8 Å². The first-order valence-corrected chi connectivity index (χ1v) is 12.3. The number of hydrogen-bond donors (Lipinski definition) is 2. The Bertz CT molecular complexity index is 1380. The largest absolute Gasteiger partial charge is 0.326 e. The molecule has 4 rings (SSSR count). The molecule has 0 aliphatic heterocycles. The maximum atomic E-state index is 12.8. The van der Waals surface area contributed by atoms with Crippen LogP contribution in [0.3, 0.4) is 0 Å². The average Bonchev–Trinajstić information content (AvgIpc) is 3.24. The van der Waals surface area contributed by atoms with Gasteiger partial charge >= 0.3 is 0 Å². The number of thiazole rings is 1. The standard InChI is InChI=1S/C23H18ClN3O3S2/c1-15(28)25-17-9-11-19(12-10-17)32(29,30)27-18-6-4-5-16(13-18)22-14-31-23(26-22)20-7-2-3-8-21(20)24/h2-14,27H,1H3,(H,25,28). The van der Waals surface area contributed by atoms with Crippen molar-refractivity contribution in [2.45, 2.75) is 11.8 Å². The van der Waals surface area contributed by atoms with Crippen LogP contribution in [0.25, 0.3) is 21.8 Å². The van der Waals surface area contributed by atoms with Crippen LogP contribution < -0.4 is 10.0 Å². The van der Waals surface area contributed by atoms with Crippen LogP contribution in [0, 0.1) is 0 Å². The lowest BCUT2D eigenvalue weighted by atomic mass is 10.1. The van der Waals surface area contributed by atoms with Gasteiger partial charge in [-0.1, -0.05) is 41.9 Å². The van der Waals surface area contributed by atoms with Crippen molar-refractivity contribution in [2.24, 2.45) is 0 Å². The Morgan fingerprint density at radius 3 is 2.44 bits per heavy atom. The molecule has 0 aliphatic carbocycles. The van der Waals surface area contributed by atoms with E-state index < -0.39 is 10.0 Å². The predicted molar refractivity (Wildman–Crippen MR) is 130 cm³/mol. The molecule has 1 amide bonds. The third-order valence-corrected chi connectivity index (χ3v) is 7.11. The van der Waals surface area contributed by atoms with E-state index >= 15 is 0 Å². The van der Waals surface area contributed by atoms with E-state index in [0.29, 0.717) is 16.4 Å². The molecular weight excluding hydrogens is 466 g/mol. The molecule has 0 spiro atoms. The Balaban J connectivity index is 1.56. The van der Waals surface area contributed by atoms with E-state index in [-0.39, 0.29) is 10.8 Å². The van der Waals surface area contributed by atoms with Crippen LogP contribution >= 0.6 is 22.9 Å². The van der Waals surface area contributed by atoms with Crippen LogP contribution in [0.4, 0.5) is 11.4 Å². The number of halogens is 1. The summed E-state index contributed by atoms with van der Waals surface area (Å²) in [6.07, 6.45) is 0. The molecule has 2 N–H and O–H groups in total. The van der Waals surface area contributed by atoms with Gasteiger partial charge in [-0.3, -0.25) is 9.52 Å². The molecule has 0 saturated carbocycles. The number of benzene rings is 3. The Morgan fingerprint density at radius 1 is 0.969 bits per heavy atom. The van der Waals surface area contributed by atoms with Crippen LogP contribution in [0.2, 0.25) is 5.02 Å². The van der Waals surface area contributed by atoms with Crippen LogP contribution in [-0.4, -0.2) is 19.3 Å². The van der Waals surface area contributed by atoms with Gasteiger partial charge in [0.1, 0.15) is 5.01 Å². The van der Waals surface area contributed by atoms with Gasteiger partial charge in [0, 0.05) is 34.8 Å². The topological polar surface area (TPSA) is 88.2 Å². The fourth-order valence-corrected chi connectivity index (χ4v) is 5.24. The van der Waals surface area contributed by atoms with Crippen LogP contribution in [0.1, 0.15) is 6.92 Å². The molecule has 0 bridgehead atoms. The highest BCUT2D eigenvalue weighted by molar-refractivity contribution is 7.92. The lowest BCUT2D eigenvalue weighted by Crippen LogP contribution is -2.13. The van der Waals surface area contributed by atoms with Crippen molar-refractivity contribution >= 4 is 50.2 Å². The smallest absolute Gasteiger partial charge is 0.261 e. The summed E-state index contributed by atoms with van der Waals surface area (Å²) in [4.78, 5) is 15.9. The number of anilines is 2. The molecule has 3 aromatic carbocycles. The van der Waals surface area contributed by atoms with Crippen LogP contribution in [0.5, 0.6) is 0 Å². The Hall–Kier alpha value is -3.20. The Kier molecular flexibility index (Phi) is 6.27. The van der Waals surface area contributed by atoms with Crippen molar-refractivity contribution < 1.29 is 13.2 Å². The van der Waals surface area contributed by atoms with Crippen molar-refractivity contribution in [3.63, 3.8) is 0 Å². The van der Waals surface area contributed by atoms with E-state index in [1.807, 2.05) is 35.7 Å². The maximum absolute atomic E-state index is 12.8. The van der Waals surface area contributed by atoms with E-state index in [0.717, 1.165) is 21.8 Å². The van der Waals surface area contributed by atoms with Gasteiger partial charge in [-0.25, -0.2) is 13.4 Å². The number of rotatable bonds is 6. The zero-order valence-electron chi connectivity index (χ0n) is 16.9. The van der Waals surface area contributed by atoms with Crippen LogP contribution in [0.15, 0.2) is 83.1 Å². The first kappa shape index (κ1) is 22.0. The molecule has 162 valence electrons. The van der Waals surface area contributed by atoms with Gasteiger partial charge in [-0.15, -0.1) is 11.3 Å². The average molecular weight is 484 g/mol. The molecule has 1 heterocycles. The molecule has 0 fully saturated rings. The highest BCUT2D eigenvalue weighted by Crippen LogP contribution is 2.33. The van der Waals surface area contributed by atoms with E-state index in [1.165, 1.54) is 42.5 Å². The minimum absolute atomic E-state index is 0.0895. The SMILES string of the molecule is CC(=O)Nc1ccc(S(=O)(=O)Nc2cccc(-c3csc(-c4ccccc4Cl)n3)c2)cc1. The fraction of sp³-hybridized carbons (Fsp3) is 0.0435. The second kappa shape index (κ2) is 9.12. The summed E-state index contributed by atoms with van der Waals surface area (Å²) in [5, 5.41) is 5.93. The molecule has 0 atom stereocenters. The highest BCUT2D eigenvalue weighted by Gasteiger charge is 2.15. The zero-order valence-corrected chi connectivity index (χ0v) is 19.3. The monoisotopic (exact) mass is 483 g/mol. The van der Waals surface area contributed by atoms with Gasteiger partial charge in [-0.05, 0) is 42.5 Å². The summed E-state index contributed by atoms with van der Waals surface area (Å²) in [5.74, 6) is -0.227. The summed E-state index contributed by atoms with van der Waals surface area (Å²) in [6, 6.07) is 20.5. The van der Waals surface area contributed by atoms with Gasteiger partial charge in [-0.2, -0.15) is 0 Å². The first-order valence-electron chi connectivity index (χ1n) is 9.53. The fourth-order valence-electron chi connectivity index (χ4n) is 3.04. The van der Waals surface area contributed by atoms with E-state index in [4.69, 9.17) is 11.6 Å². The number of hydrogen-bond acceptors (Lipinski definition) is 5. The molecular formula is C23H18ClN3O3S2. The second-order valence-electron chi connectivity index (χ2n) is 6.91. The number of amides is 1. The van der Waals surface area contributed by atoms with Crippen molar-refractivity contribution in [1.29, 1.82) is 0 Å². The summed E-state index contributed by atoms with van der Waals surface area (Å²) in [7, 11) is -3.80. The summed E-state index contributed by atoms with van der Waals surface area (Å²) >= 11 is 7.74. The van der Waals surface area contributed by atoms with Gasteiger partial charge in [0.2, 0.25) is 5.91 Å². The van der Waals surface area contributed by atoms with Crippen molar-refractivity contribution in [2.75, 3.05) is 10.0 Å². The molecule has 9 heteroatoms. The van der Waals surface area contributed by atoms with Gasteiger partial charge in [0.25, 0.3) is 10.0 Å². The first-order chi connectivity index (χ1) is 15.3. The normalized spacial score (nSPS) is 11.2. The van der Waals surface area contributed by atoms with E-state index in [9.17, 15) is 13.2 Å². The molecule has 0 unspecified atom stereocenters. The third kappa shape index (κ3) is 4.99. The second-order valence-corrected chi connectivity index (χ2v) is 9.86. The Morgan fingerprint density at radius 2 is 1.72 bits per heavy atom. The molecule has 0 saturated heterocycles. The number of nitrogens with zero attached hydrogens (tertiary/aromatic N) is 1. The molecule has 0 radical (unpaired) electrons. The number of nitrogens with one attached hydrogen (secondary N) is 2. The predicted octanol–water partition coefficient (Wildman–Crippen LogP) is 5.89. The number of carbonyl (C=O) groups excluding carboxylic acids is 1. The quantitative estimate of drug-likeness (QED) is 0.358. The van der Waals surface area contributed by atoms with Gasteiger partial charge < -0.3 is 5.32 Å². The molecule has 32 heavy (non-hydrogen) atoms. The van der Waals surface area contributed by atoms with Gasteiger partial charge in [0.15, 0.2) is 0 Å². The van der Waals surface area contributed by atoms with Crippen molar-refractivity contribution in [3.05, 3.63) is 83.2 Å². The summed E-state index contributed by atoms with van der Waals surface area (Å²) < 4.78 is 28.2. The van der Waals surface area contributed by atoms with E-state index in [2.05, 4.69) is 15.0 Å². The molecule has 6 nitrogen and oxygen atoms in total. The number of aromatic nitrogens is 1. The third-order valence-electron chi connectivity index (χ3n) is 4.50. The van der Waals surface area contributed by atoms with E-state index in [1.54, 1.807) is 18.2 Å². The van der Waals surface area contributed by atoms with Gasteiger partial charge in [0.05, 0.1) is 15.6 Å². The Labute approximate surface area is 195 Å². The van der Waals surface area contributed by atoms with Crippen molar-refractivity contribution in [1.82, 2.24) is 4.98 Å². The maximum Gasteiger partial charge on any atom is 0.261 e. The molecule has 1 aromatic heterocycles. The zero-order chi connectivity index (χ0) is 22.7. The van der Waals surface area contributed by atoms with Crippen molar-refractivity contribution in [3.8, 4) is 21.8 Å². The molecule has 0 aliphatic rings. The number of carbonyl (C=O) groups is 1.